The number of thiophene rings is 1. The van der Waals surface area contributed by atoms with Crippen molar-refractivity contribution in [3.05, 3.63) is 79.6 Å². The molecule has 0 unspecified atom stereocenters. The van der Waals surface area contributed by atoms with Crippen molar-refractivity contribution >= 4 is 51.4 Å². The summed E-state index contributed by atoms with van der Waals surface area (Å²) in [7, 11) is 1.46. The smallest absolute Gasteiger partial charge is 0.256 e. The Balaban J connectivity index is 1.52. The fraction of sp³-hybridized carbons (Fsp3) is 0.250. The molecule has 0 bridgehead atoms. The molecule has 2 amide bonds. The fourth-order valence-corrected chi connectivity index (χ4v) is 5.77. The molecule has 166 valence electrons. The second-order valence-corrected chi connectivity index (χ2v) is 9.40. The van der Waals surface area contributed by atoms with Gasteiger partial charge in [0.2, 0.25) is 0 Å². The maximum absolute atomic E-state index is 13.1. The van der Waals surface area contributed by atoms with E-state index >= 15 is 0 Å². The number of ether oxygens (including phenoxy) is 1. The third kappa shape index (κ3) is 4.77. The molecule has 0 fully saturated rings. The summed E-state index contributed by atoms with van der Waals surface area (Å²) in [5, 5.41) is 6.96. The number of fused-ring (bicyclic) bond motifs is 1. The summed E-state index contributed by atoms with van der Waals surface area (Å²) in [6, 6.07) is 13.0. The Morgan fingerprint density at radius 3 is 2.47 bits per heavy atom. The topological polar surface area (TPSA) is 67.4 Å². The highest BCUT2D eigenvalue weighted by Gasteiger charge is 2.27. The number of hydrogen-bond acceptors (Lipinski definition) is 4. The second-order valence-electron chi connectivity index (χ2n) is 7.48. The van der Waals surface area contributed by atoms with Crippen LogP contribution in [0.25, 0.3) is 0 Å². The van der Waals surface area contributed by atoms with Gasteiger partial charge >= 0.3 is 0 Å². The third-order valence-corrected chi connectivity index (χ3v) is 7.15. The van der Waals surface area contributed by atoms with E-state index in [2.05, 4.69) is 10.6 Å². The molecular weight excluding hydrogens is 467 g/mol. The zero-order chi connectivity index (χ0) is 22.7. The van der Waals surface area contributed by atoms with Gasteiger partial charge in [0.1, 0.15) is 5.00 Å². The van der Waals surface area contributed by atoms with Gasteiger partial charge in [0.05, 0.1) is 22.7 Å². The summed E-state index contributed by atoms with van der Waals surface area (Å²) in [5.74, 6) is -0.227. The Hall–Kier alpha value is -2.54. The van der Waals surface area contributed by atoms with Crippen molar-refractivity contribution < 1.29 is 14.3 Å². The number of aryl methyl sites for hydroxylation is 1. The molecule has 8 heteroatoms. The average molecular weight is 489 g/mol. The van der Waals surface area contributed by atoms with Crippen molar-refractivity contribution in [3.63, 3.8) is 0 Å². The quantitative estimate of drug-likeness (QED) is 0.442. The van der Waals surface area contributed by atoms with E-state index in [1.54, 1.807) is 0 Å². The average Bonchev–Trinajstić information content (AvgIpc) is 3.35. The Bertz CT molecular complexity index is 1140. The van der Waals surface area contributed by atoms with Crippen LogP contribution >= 0.6 is 34.5 Å². The number of anilines is 1. The highest BCUT2D eigenvalue weighted by Crippen LogP contribution is 2.40. The van der Waals surface area contributed by atoms with E-state index in [0.717, 1.165) is 41.7 Å². The minimum Gasteiger partial charge on any atom is -0.494 e. The molecule has 0 spiro atoms. The van der Waals surface area contributed by atoms with Crippen molar-refractivity contribution in [1.29, 1.82) is 0 Å². The first-order chi connectivity index (χ1) is 15.5. The SMILES string of the molecule is COc1c(Cl)cc(C(=O)Nc2sc3c(c2C(=O)NCCc2ccccc2)CCC3)cc1Cl. The minimum atomic E-state index is -0.380. The van der Waals surface area contributed by atoms with Crippen LogP contribution < -0.4 is 15.4 Å². The summed E-state index contributed by atoms with van der Waals surface area (Å²) >= 11 is 13.8. The third-order valence-electron chi connectivity index (χ3n) is 5.38. The van der Waals surface area contributed by atoms with Crippen molar-refractivity contribution in [3.8, 4) is 5.75 Å². The first-order valence-corrected chi connectivity index (χ1v) is 11.9. The maximum atomic E-state index is 13.1. The number of carbonyl (C=O) groups excluding carboxylic acids is 2. The van der Waals surface area contributed by atoms with E-state index < -0.39 is 0 Å². The van der Waals surface area contributed by atoms with Crippen LogP contribution in [0.2, 0.25) is 10.0 Å². The molecule has 5 nitrogen and oxygen atoms in total. The van der Waals surface area contributed by atoms with Crippen molar-refractivity contribution in [2.24, 2.45) is 0 Å². The highest BCUT2D eigenvalue weighted by molar-refractivity contribution is 7.17. The monoisotopic (exact) mass is 488 g/mol. The highest BCUT2D eigenvalue weighted by atomic mass is 35.5. The number of carbonyl (C=O) groups is 2. The molecule has 2 aromatic carbocycles. The van der Waals surface area contributed by atoms with E-state index in [4.69, 9.17) is 27.9 Å². The van der Waals surface area contributed by atoms with Gasteiger partial charge in [-0.25, -0.2) is 0 Å². The summed E-state index contributed by atoms with van der Waals surface area (Å²) in [6.45, 7) is 0.518. The van der Waals surface area contributed by atoms with Crippen LogP contribution in [0.5, 0.6) is 5.75 Å². The molecule has 0 saturated heterocycles. The van der Waals surface area contributed by atoms with Crippen LogP contribution in [0, 0.1) is 0 Å². The number of nitrogens with one attached hydrogen (secondary N) is 2. The number of rotatable bonds is 7. The molecule has 0 atom stereocenters. The largest absolute Gasteiger partial charge is 0.494 e. The van der Waals surface area contributed by atoms with Gasteiger partial charge in [-0.2, -0.15) is 0 Å². The van der Waals surface area contributed by atoms with Gasteiger partial charge in [0, 0.05) is 17.0 Å². The zero-order valence-electron chi connectivity index (χ0n) is 17.5. The van der Waals surface area contributed by atoms with E-state index in [9.17, 15) is 9.59 Å². The summed E-state index contributed by atoms with van der Waals surface area (Å²) in [5.41, 5.74) is 3.05. The van der Waals surface area contributed by atoms with Crippen LogP contribution in [-0.4, -0.2) is 25.5 Å². The molecule has 32 heavy (non-hydrogen) atoms. The molecule has 1 aliphatic rings. The lowest BCUT2D eigenvalue weighted by molar-refractivity contribution is 0.0954. The zero-order valence-corrected chi connectivity index (χ0v) is 19.8. The molecule has 4 rings (SSSR count). The molecule has 0 aliphatic heterocycles. The normalized spacial score (nSPS) is 12.3. The van der Waals surface area contributed by atoms with Crippen LogP contribution in [0.4, 0.5) is 5.00 Å². The molecular formula is C24H22Cl2N2O3S. The molecule has 0 saturated carbocycles. The van der Waals surface area contributed by atoms with Crippen molar-refractivity contribution in [2.45, 2.75) is 25.7 Å². The Morgan fingerprint density at radius 2 is 1.78 bits per heavy atom. The lowest BCUT2D eigenvalue weighted by Crippen LogP contribution is -2.27. The first-order valence-electron chi connectivity index (χ1n) is 10.3. The number of amides is 2. The second kappa shape index (κ2) is 9.94. The number of hydrogen-bond donors (Lipinski definition) is 2. The molecule has 1 aromatic heterocycles. The Labute approximate surface area is 200 Å². The summed E-state index contributed by atoms with van der Waals surface area (Å²) in [4.78, 5) is 27.1. The van der Waals surface area contributed by atoms with E-state index in [1.807, 2.05) is 30.3 Å². The predicted molar refractivity (Wildman–Crippen MR) is 130 cm³/mol. The maximum Gasteiger partial charge on any atom is 0.256 e. The molecule has 2 N–H and O–H groups in total. The number of methoxy groups -OCH3 is 1. The summed E-state index contributed by atoms with van der Waals surface area (Å²) < 4.78 is 5.14. The van der Waals surface area contributed by atoms with Gasteiger partial charge in [-0.15, -0.1) is 11.3 Å². The van der Waals surface area contributed by atoms with Gasteiger partial charge in [-0.05, 0) is 48.9 Å². The number of halogens is 2. The van der Waals surface area contributed by atoms with Gasteiger partial charge in [0.25, 0.3) is 11.8 Å². The van der Waals surface area contributed by atoms with Gasteiger partial charge in [-0.1, -0.05) is 53.5 Å². The molecule has 0 radical (unpaired) electrons. The van der Waals surface area contributed by atoms with E-state index in [0.29, 0.717) is 28.4 Å². The molecule has 3 aromatic rings. The van der Waals surface area contributed by atoms with Crippen molar-refractivity contribution in [2.75, 3.05) is 19.0 Å². The Kier molecular flexibility index (Phi) is 7.04. The lowest BCUT2D eigenvalue weighted by Gasteiger charge is -2.11. The standard InChI is InChI=1S/C24H22Cl2N2O3S/c1-31-21-17(25)12-15(13-18(21)26)22(29)28-24-20(16-8-5-9-19(16)32-24)23(30)27-11-10-14-6-3-2-4-7-14/h2-4,6-7,12-13H,5,8-11H2,1H3,(H,27,30)(H,28,29). The first kappa shape index (κ1) is 22.6. The van der Waals surface area contributed by atoms with E-state index in [1.165, 1.54) is 30.6 Å². The van der Waals surface area contributed by atoms with Gasteiger partial charge < -0.3 is 15.4 Å². The molecule has 1 heterocycles. The number of benzene rings is 2. The summed E-state index contributed by atoms with van der Waals surface area (Å²) in [6.07, 6.45) is 3.51. The van der Waals surface area contributed by atoms with Crippen LogP contribution in [0.1, 0.15) is 43.1 Å². The Morgan fingerprint density at radius 1 is 1.06 bits per heavy atom. The van der Waals surface area contributed by atoms with Crippen LogP contribution in [-0.2, 0) is 19.3 Å². The van der Waals surface area contributed by atoms with E-state index in [-0.39, 0.29) is 21.9 Å². The fourth-order valence-electron chi connectivity index (χ4n) is 3.85. The van der Waals surface area contributed by atoms with Crippen molar-refractivity contribution in [1.82, 2.24) is 5.32 Å². The lowest BCUT2D eigenvalue weighted by atomic mass is 10.1. The van der Waals surface area contributed by atoms with Gasteiger partial charge in [0.15, 0.2) is 5.75 Å². The predicted octanol–water partition coefficient (Wildman–Crippen LogP) is 5.78. The van der Waals surface area contributed by atoms with Crippen LogP contribution in [0.15, 0.2) is 42.5 Å². The minimum absolute atomic E-state index is 0.165. The van der Waals surface area contributed by atoms with Gasteiger partial charge in [-0.3, -0.25) is 9.59 Å². The van der Waals surface area contributed by atoms with Crippen LogP contribution in [0.3, 0.4) is 0 Å². The molecule has 1 aliphatic carbocycles.